The first-order chi connectivity index (χ1) is 9.20. The molecule has 1 aromatic carbocycles. The smallest absolute Gasteiger partial charge is 0.131 e. The van der Waals surface area contributed by atoms with E-state index in [9.17, 15) is 4.39 Å². The van der Waals surface area contributed by atoms with E-state index in [4.69, 9.17) is 4.74 Å². The molecule has 0 aliphatic carbocycles. The molecule has 102 valence electrons. The van der Waals surface area contributed by atoms with Gasteiger partial charge in [-0.05, 0) is 19.5 Å². The average molecular weight is 280 g/mol. The van der Waals surface area contributed by atoms with Crippen molar-refractivity contribution in [3.05, 3.63) is 46.2 Å². The third kappa shape index (κ3) is 3.75. The lowest BCUT2D eigenvalue weighted by Gasteiger charge is -2.17. The van der Waals surface area contributed by atoms with Crippen molar-refractivity contribution < 1.29 is 9.13 Å². The summed E-state index contributed by atoms with van der Waals surface area (Å²) in [5, 5.41) is 5.22. The molecule has 0 radical (unpaired) electrons. The number of hydrogen-bond donors (Lipinski definition) is 1. The minimum atomic E-state index is -0.291. The molecule has 0 aliphatic rings. The van der Waals surface area contributed by atoms with Gasteiger partial charge in [0.15, 0.2) is 0 Å². The predicted octanol–water partition coefficient (Wildman–Crippen LogP) is 3.53. The average Bonchev–Trinajstić information content (AvgIpc) is 2.89. The second-order valence-electron chi connectivity index (χ2n) is 4.23. The quantitative estimate of drug-likeness (QED) is 0.879. The first-order valence-corrected chi connectivity index (χ1v) is 7.17. The fourth-order valence-electron chi connectivity index (χ4n) is 1.87. The molecule has 0 aliphatic heterocycles. The Morgan fingerprint density at radius 1 is 1.47 bits per heavy atom. The standard InChI is InChI=1S/C14H17FN2OS/c1-3-16-10(2)13-5-4-11(15)6-14(13)18-7-12-8-19-9-17-12/h4-6,8-10,16H,3,7H2,1-2H3. The van der Waals surface area contributed by atoms with Gasteiger partial charge in [-0.1, -0.05) is 13.0 Å². The number of halogens is 1. The molecular formula is C14H17FN2OS. The first kappa shape index (κ1) is 14.0. The van der Waals surface area contributed by atoms with Crippen molar-refractivity contribution in [3.8, 4) is 5.75 Å². The van der Waals surface area contributed by atoms with Gasteiger partial charge in [-0.3, -0.25) is 0 Å². The van der Waals surface area contributed by atoms with E-state index in [0.717, 1.165) is 17.8 Å². The molecule has 0 bridgehead atoms. The summed E-state index contributed by atoms with van der Waals surface area (Å²) in [4.78, 5) is 4.15. The number of ether oxygens (including phenoxy) is 1. The van der Waals surface area contributed by atoms with Crippen molar-refractivity contribution in [3.63, 3.8) is 0 Å². The summed E-state index contributed by atoms with van der Waals surface area (Å²) in [7, 11) is 0. The Kier molecular flexibility index (Phi) is 4.87. The Morgan fingerprint density at radius 3 is 3.00 bits per heavy atom. The molecule has 1 aromatic heterocycles. The Morgan fingerprint density at radius 2 is 2.32 bits per heavy atom. The van der Waals surface area contributed by atoms with Crippen LogP contribution in [0.25, 0.3) is 0 Å². The number of aromatic nitrogens is 1. The van der Waals surface area contributed by atoms with Crippen LogP contribution in [-0.4, -0.2) is 11.5 Å². The van der Waals surface area contributed by atoms with Gasteiger partial charge in [-0.2, -0.15) is 0 Å². The number of thiazole rings is 1. The summed E-state index contributed by atoms with van der Waals surface area (Å²) in [6, 6.07) is 4.77. The number of nitrogens with one attached hydrogen (secondary N) is 1. The molecule has 1 heterocycles. The molecule has 1 atom stereocenters. The molecular weight excluding hydrogens is 263 g/mol. The van der Waals surface area contributed by atoms with Gasteiger partial charge < -0.3 is 10.1 Å². The van der Waals surface area contributed by atoms with Crippen molar-refractivity contribution in [1.82, 2.24) is 10.3 Å². The zero-order valence-electron chi connectivity index (χ0n) is 11.0. The van der Waals surface area contributed by atoms with Crippen LogP contribution in [0.1, 0.15) is 31.1 Å². The molecule has 2 rings (SSSR count). The van der Waals surface area contributed by atoms with E-state index in [1.54, 1.807) is 11.6 Å². The summed E-state index contributed by atoms with van der Waals surface area (Å²) in [5.41, 5.74) is 3.57. The van der Waals surface area contributed by atoms with Crippen molar-refractivity contribution in [1.29, 1.82) is 0 Å². The van der Waals surface area contributed by atoms with Crippen LogP contribution in [0.15, 0.2) is 29.1 Å². The van der Waals surface area contributed by atoms with Crippen molar-refractivity contribution in [2.24, 2.45) is 0 Å². The Balaban J connectivity index is 2.14. The van der Waals surface area contributed by atoms with Gasteiger partial charge in [0.05, 0.1) is 11.2 Å². The zero-order valence-corrected chi connectivity index (χ0v) is 11.8. The highest BCUT2D eigenvalue weighted by Gasteiger charge is 2.12. The van der Waals surface area contributed by atoms with Crippen molar-refractivity contribution in [2.45, 2.75) is 26.5 Å². The highest BCUT2D eigenvalue weighted by atomic mass is 32.1. The van der Waals surface area contributed by atoms with Crippen LogP contribution in [0.3, 0.4) is 0 Å². The second-order valence-corrected chi connectivity index (χ2v) is 4.95. The van der Waals surface area contributed by atoms with Gasteiger partial charge in [-0.15, -0.1) is 11.3 Å². The van der Waals surface area contributed by atoms with Crippen LogP contribution in [0, 0.1) is 5.82 Å². The zero-order chi connectivity index (χ0) is 13.7. The fraction of sp³-hybridized carbons (Fsp3) is 0.357. The van der Waals surface area contributed by atoms with Gasteiger partial charge in [-0.25, -0.2) is 9.37 Å². The number of benzene rings is 1. The minimum Gasteiger partial charge on any atom is -0.487 e. The molecule has 0 amide bonds. The van der Waals surface area contributed by atoms with E-state index in [1.807, 2.05) is 19.2 Å². The summed E-state index contributed by atoms with van der Waals surface area (Å²) in [6.45, 7) is 5.28. The molecule has 1 N–H and O–H groups in total. The first-order valence-electron chi connectivity index (χ1n) is 6.23. The molecule has 0 fully saturated rings. The molecule has 2 aromatic rings. The largest absolute Gasteiger partial charge is 0.487 e. The fourth-order valence-corrected chi connectivity index (χ4v) is 2.41. The van der Waals surface area contributed by atoms with E-state index >= 15 is 0 Å². The summed E-state index contributed by atoms with van der Waals surface area (Å²) in [6.07, 6.45) is 0. The molecule has 1 unspecified atom stereocenters. The van der Waals surface area contributed by atoms with E-state index in [0.29, 0.717) is 12.4 Å². The SMILES string of the molecule is CCNC(C)c1ccc(F)cc1OCc1cscn1. The molecule has 0 saturated heterocycles. The van der Waals surface area contributed by atoms with Crippen molar-refractivity contribution in [2.75, 3.05) is 6.54 Å². The Labute approximate surface area is 116 Å². The van der Waals surface area contributed by atoms with Crippen LogP contribution < -0.4 is 10.1 Å². The lowest BCUT2D eigenvalue weighted by atomic mass is 10.1. The lowest BCUT2D eigenvalue weighted by Crippen LogP contribution is -2.18. The molecule has 5 heteroatoms. The molecule has 19 heavy (non-hydrogen) atoms. The second kappa shape index (κ2) is 6.63. The molecule has 3 nitrogen and oxygen atoms in total. The van der Waals surface area contributed by atoms with Crippen LogP contribution in [0.5, 0.6) is 5.75 Å². The van der Waals surface area contributed by atoms with E-state index in [1.165, 1.54) is 23.5 Å². The van der Waals surface area contributed by atoms with Crippen LogP contribution in [0.4, 0.5) is 4.39 Å². The Hall–Kier alpha value is -1.46. The van der Waals surface area contributed by atoms with Gasteiger partial charge in [0.1, 0.15) is 18.2 Å². The predicted molar refractivity (Wildman–Crippen MR) is 74.9 cm³/mol. The van der Waals surface area contributed by atoms with E-state index in [-0.39, 0.29) is 11.9 Å². The summed E-state index contributed by atoms with van der Waals surface area (Å²) >= 11 is 1.52. The minimum absolute atomic E-state index is 0.121. The highest BCUT2D eigenvalue weighted by molar-refractivity contribution is 7.07. The van der Waals surface area contributed by atoms with Crippen LogP contribution in [0.2, 0.25) is 0 Å². The maximum atomic E-state index is 13.3. The van der Waals surface area contributed by atoms with E-state index in [2.05, 4.69) is 10.3 Å². The normalized spacial score (nSPS) is 12.4. The highest BCUT2D eigenvalue weighted by Crippen LogP contribution is 2.26. The third-order valence-electron chi connectivity index (χ3n) is 2.81. The van der Waals surface area contributed by atoms with Crippen LogP contribution >= 0.6 is 11.3 Å². The maximum Gasteiger partial charge on any atom is 0.131 e. The summed E-state index contributed by atoms with van der Waals surface area (Å²) < 4.78 is 19.0. The summed E-state index contributed by atoms with van der Waals surface area (Å²) in [5.74, 6) is 0.280. The number of hydrogen-bond acceptors (Lipinski definition) is 4. The molecule has 0 spiro atoms. The van der Waals surface area contributed by atoms with Crippen LogP contribution in [-0.2, 0) is 6.61 Å². The van der Waals surface area contributed by atoms with Crippen molar-refractivity contribution >= 4 is 11.3 Å². The maximum absolute atomic E-state index is 13.3. The lowest BCUT2D eigenvalue weighted by molar-refractivity contribution is 0.294. The Bertz CT molecular complexity index is 516. The third-order valence-corrected chi connectivity index (χ3v) is 3.45. The van der Waals surface area contributed by atoms with Gasteiger partial charge in [0.2, 0.25) is 0 Å². The van der Waals surface area contributed by atoms with E-state index < -0.39 is 0 Å². The monoisotopic (exact) mass is 280 g/mol. The van der Waals surface area contributed by atoms with Gasteiger partial charge >= 0.3 is 0 Å². The topological polar surface area (TPSA) is 34.1 Å². The number of rotatable bonds is 6. The number of nitrogens with zero attached hydrogens (tertiary/aromatic N) is 1. The van der Waals surface area contributed by atoms with Gasteiger partial charge in [0, 0.05) is 23.1 Å². The molecule has 0 saturated carbocycles. The van der Waals surface area contributed by atoms with Gasteiger partial charge in [0.25, 0.3) is 0 Å².